The van der Waals surface area contributed by atoms with Gasteiger partial charge in [0.15, 0.2) is 15.0 Å². The largest absolute Gasteiger partial charge is 0.340 e. The van der Waals surface area contributed by atoms with E-state index in [4.69, 9.17) is 0 Å². The fourth-order valence-electron chi connectivity index (χ4n) is 3.10. The summed E-state index contributed by atoms with van der Waals surface area (Å²) < 4.78 is 23.2. The number of anilines is 1. The number of sulfone groups is 1. The molecule has 2 aliphatic rings. The van der Waals surface area contributed by atoms with E-state index in [1.807, 2.05) is 5.38 Å². The maximum Gasteiger partial charge on any atom is 0.245 e. The summed E-state index contributed by atoms with van der Waals surface area (Å²) in [6.45, 7) is 1.71. The van der Waals surface area contributed by atoms with E-state index in [-0.39, 0.29) is 11.9 Å². The highest BCUT2D eigenvalue weighted by atomic mass is 32.2. The molecule has 1 aromatic rings. The molecular weight excluding hydrogens is 310 g/mol. The average Bonchev–Trinajstić information content (AvgIpc) is 3.16. The molecular formula is C13H19N3O3S2. The van der Waals surface area contributed by atoms with Crippen LogP contribution in [0.3, 0.4) is 0 Å². The van der Waals surface area contributed by atoms with Crippen molar-refractivity contribution >= 4 is 32.2 Å². The molecule has 0 saturated carbocycles. The Bertz CT molecular complexity index is 615. The summed E-state index contributed by atoms with van der Waals surface area (Å²) in [6.07, 6.45) is 5.34. The Balaban J connectivity index is 1.71. The topological polar surface area (TPSA) is 70.6 Å². The number of thiazole rings is 1. The fourth-order valence-corrected chi connectivity index (χ4v) is 4.80. The van der Waals surface area contributed by atoms with Crippen molar-refractivity contribution < 1.29 is 13.2 Å². The predicted molar refractivity (Wildman–Crippen MR) is 82.3 cm³/mol. The molecule has 21 heavy (non-hydrogen) atoms. The van der Waals surface area contributed by atoms with Crippen LogP contribution in [-0.4, -0.2) is 61.4 Å². The minimum Gasteiger partial charge on any atom is -0.340 e. The predicted octanol–water partition coefficient (Wildman–Crippen LogP) is 0.757. The molecule has 2 saturated heterocycles. The number of likely N-dealkylation sites (tertiary alicyclic amines) is 1. The van der Waals surface area contributed by atoms with E-state index in [9.17, 15) is 13.2 Å². The van der Waals surface area contributed by atoms with Crippen LogP contribution in [0.15, 0.2) is 11.6 Å². The van der Waals surface area contributed by atoms with Crippen LogP contribution in [-0.2, 0) is 14.6 Å². The van der Waals surface area contributed by atoms with Gasteiger partial charge in [-0.05, 0) is 19.3 Å². The smallest absolute Gasteiger partial charge is 0.245 e. The first kappa shape index (κ1) is 14.8. The van der Waals surface area contributed by atoms with Gasteiger partial charge < -0.3 is 9.80 Å². The Morgan fingerprint density at radius 2 is 2.19 bits per heavy atom. The second-order valence-electron chi connectivity index (χ2n) is 5.69. The molecule has 3 rings (SSSR count). The highest BCUT2D eigenvalue weighted by molar-refractivity contribution is 7.91. The van der Waals surface area contributed by atoms with Crippen molar-refractivity contribution in [3.63, 3.8) is 0 Å². The summed E-state index contributed by atoms with van der Waals surface area (Å²) in [7, 11) is -3.07. The van der Waals surface area contributed by atoms with E-state index < -0.39 is 15.1 Å². The van der Waals surface area contributed by atoms with Gasteiger partial charge in [-0.15, -0.1) is 11.3 Å². The Kier molecular flexibility index (Phi) is 3.92. The molecule has 0 N–H and O–H groups in total. The molecule has 2 atom stereocenters. The summed E-state index contributed by atoms with van der Waals surface area (Å²) >= 11 is 1.54. The Hall–Kier alpha value is -1.15. The zero-order valence-electron chi connectivity index (χ0n) is 11.9. The second-order valence-corrected chi connectivity index (χ2v) is 8.89. The SMILES string of the molecule is CS(=O)(=O)[C@H]1CCN(C(=O)[C@H]2CCCN2c2nccs2)C1. The number of carbonyl (C=O) groups excluding carboxylic acids is 1. The number of nitrogens with zero attached hydrogens (tertiary/aromatic N) is 3. The Morgan fingerprint density at radius 1 is 1.38 bits per heavy atom. The van der Waals surface area contributed by atoms with Crippen LogP contribution < -0.4 is 4.90 Å². The lowest BCUT2D eigenvalue weighted by Gasteiger charge is -2.27. The van der Waals surface area contributed by atoms with Crippen LogP contribution >= 0.6 is 11.3 Å². The van der Waals surface area contributed by atoms with Gasteiger partial charge in [0.25, 0.3) is 0 Å². The molecule has 6 nitrogen and oxygen atoms in total. The van der Waals surface area contributed by atoms with Crippen LogP contribution in [0.25, 0.3) is 0 Å². The minimum atomic E-state index is -3.07. The maximum absolute atomic E-state index is 12.7. The third-order valence-electron chi connectivity index (χ3n) is 4.27. The van der Waals surface area contributed by atoms with Crippen molar-refractivity contribution in [3.8, 4) is 0 Å². The van der Waals surface area contributed by atoms with Crippen molar-refractivity contribution in [2.45, 2.75) is 30.6 Å². The molecule has 8 heteroatoms. The lowest BCUT2D eigenvalue weighted by molar-refractivity contribution is -0.131. The maximum atomic E-state index is 12.7. The van der Waals surface area contributed by atoms with E-state index in [1.54, 1.807) is 11.1 Å². The quantitative estimate of drug-likeness (QED) is 0.819. The summed E-state index contributed by atoms with van der Waals surface area (Å²) in [5.74, 6) is 0.0499. The van der Waals surface area contributed by atoms with Crippen molar-refractivity contribution in [1.82, 2.24) is 9.88 Å². The number of aromatic nitrogens is 1. The molecule has 0 spiro atoms. The lowest BCUT2D eigenvalue weighted by Crippen LogP contribution is -2.45. The minimum absolute atomic E-state index is 0.0499. The molecule has 116 valence electrons. The normalized spacial score (nSPS) is 26.5. The van der Waals surface area contributed by atoms with E-state index in [2.05, 4.69) is 9.88 Å². The molecule has 0 bridgehead atoms. The number of carbonyl (C=O) groups is 1. The number of rotatable bonds is 3. The fraction of sp³-hybridized carbons (Fsp3) is 0.692. The zero-order chi connectivity index (χ0) is 15.0. The first-order valence-corrected chi connectivity index (χ1v) is 9.94. The van der Waals surface area contributed by atoms with Crippen molar-refractivity contribution in [2.75, 3.05) is 30.8 Å². The van der Waals surface area contributed by atoms with E-state index >= 15 is 0 Å². The second kappa shape index (κ2) is 5.57. The van der Waals surface area contributed by atoms with Gasteiger partial charge in [-0.1, -0.05) is 0 Å². The van der Waals surface area contributed by atoms with E-state index in [0.717, 1.165) is 24.5 Å². The summed E-state index contributed by atoms with van der Waals surface area (Å²) in [4.78, 5) is 20.7. The summed E-state index contributed by atoms with van der Waals surface area (Å²) in [6, 6.07) is -0.186. The van der Waals surface area contributed by atoms with Crippen LogP contribution in [0, 0.1) is 0 Å². The summed E-state index contributed by atoms with van der Waals surface area (Å²) in [5, 5.41) is 2.38. The van der Waals surface area contributed by atoms with Crippen LogP contribution in [0.1, 0.15) is 19.3 Å². The Labute approximate surface area is 128 Å². The van der Waals surface area contributed by atoms with Gasteiger partial charge in [-0.2, -0.15) is 0 Å². The van der Waals surface area contributed by atoms with E-state index in [1.165, 1.54) is 17.6 Å². The number of hydrogen-bond acceptors (Lipinski definition) is 6. The first-order valence-electron chi connectivity index (χ1n) is 7.10. The molecule has 3 heterocycles. The molecule has 1 aromatic heterocycles. The van der Waals surface area contributed by atoms with Crippen LogP contribution in [0.4, 0.5) is 5.13 Å². The van der Waals surface area contributed by atoms with Gasteiger partial charge in [0.05, 0.1) is 5.25 Å². The van der Waals surface area contributed by atoms with E-state index in [0.29, 0.717) is 19.5 Å². The molecule has 2 aliphatic heterocycles. The van der Waals surface area contributed by atoms with Crippen molar-refractivity contribution in [1.29, 1.82) is 0 Å². The molecule has 0 radical (unpaired) electrons. The number of hydrogen-bond donors (Lipinski definition) is 0. The summed E-state index contributed by atoms with van der Waals surface area (Å²) in [5.41, 5.74) is 0. The zero-order valence-corrected chi connectivity index (χ0v) is 13.6. The highest BCUT2D eigenvalue weighted by Crippen LogP contribution is 2.29. The van der Waals surface area contributed by atoms with Gasteiger partial charge in [0.2, 0.25) is 5.91 Å². The van der Waals surface area contributed by atoms with Crippen molar-refractivity contribution in [3.05, 3.63) is 11.6 Å². The molecule has 2 fully saturated rings. The molecule has 1 amide bonds. The molecule has 0 aliphatic carbocycles. The molecule has 0 aromatic carbocycles. The van der Waals surface area contributed by atoms with Crippen LogP contribution in [0.5, 0.6) is 0 Å². The molecule has 0 unspecified atom stereocenters. The third-order valence-corrected chi connectivity index (χ3v) is 6.67. The standard InChI is InChI=1S/C13H19N3O3S2/c1-21(18,19)10-4-7-15(9-10)12(17)11-3-2-6-16(11)13-14-5-8-20-13/h5,8,10-11H,2-4,6-7,9H2,1H3/t10-,11+/m0/s1. The first-order chi connectivity index (χ1) is 9.97. The van der Waals surface area contributed by atoms with Crippen LogP contribution in [0.2, 0.25) is 0 Å². The Morgan fingerprint density at radius 3 is 2.81 bits per heavy atom. The van der Waals surface area contributed by atoms with Gasteiger partial charge in [-0.25, -0.2) is 13.4 Å². The van der Waals surface area contributed by atoms with Gasteiger partial charge >= 0.3 is 0 Å². The average molecular weight is 329 g/mol. The van der Waals surface area contributed by atoms with Crippen molar-refractivity contribution in [2.24, 2.45) is 0 Å². The monoisotopic (exact) mass is 329 g/mol. The van der Waals surface area contributed by atoms with Gasteiger partial charge in [0.1, 0.15) is 6.04 Å². The highest BCUT2D eigenvalue weighted by Gasteiger charge is 2.39. The van der Waals surface area contributed by atoms with Gasteiger partial charge in [-0.3, -0.25) is 4.79 Å². The number of amides is 1. The van der Waals surface area contributed by atoms with Gasteiger partial charge in [0, 0.05) is 37.5 Å². The lowest BCUT2D eigenvalue weighted by atomic mass is 10.2. The third kappa shape index (κ3) is 2.91.